The van der Waals surface area contributed by atoms with Crippen LogP contribution in [0.25, 0.3) is 105 Å². The zero-order valence-corrected chi connectivity index (χ0v) is 37.7. The molecule has 3 heteroatoms. The third kappa shape index (κ3) is 7.08. The molecule has 0 aliphatic heterocycles. The van der Waals surface area contributed by atoms with Gasteiger partial charge in [0.15, 0.2) is 0 Å². The maximum absolute atomic E-state index is 6.46. The van der Waals surface area contributed by atoms with Crippen LogP contribution in [-0.2, 0) is 0 Å². The number of aromatic nitrogens is 1. The van der Waals surface area contributed by atoms with Crippen LogP contribution in [0.5, 0.6) is 0 Å². The number of benzene rings is 11. The van der Waals surface area contributed by atoms with E-state index in [1.165, 1.54) is 38.5 Å². The van der Waals surface area contributed by atoms with Crippen LogP contribution in [-0.4, -0.2) is 4.57 Å². The molecule has 0 amide bonds. The van der Waals surface area contributed by atoms with E-state index in [0.29, 0.717) is 0 Å². The standard InChI is InChI=1S/C66H44N2O/c1-2-16-45(17-3-1)46-32-34-47(35-33-46)48-36-40-52(41-37-48)67(53-42-38-49(39-43-53)50-18-14-19-51(44-50)54-25-15-26-60-59-24-8-13-31-65(59)69-66(54)60)61-27-9-4-20-55(61)56-21-5-10-28-62(56)68-63-29-11-6-22-57(63)58-23-7-12-30-64(58)68/h1-44H. The average Bonchev–Trinajstić information content (AvgIpc) is 3.98. The summed E-state index contributed by atoms with van der Waals surface area (Å²) >= 11 is 0. The lowest BCUT2D eigenvalue weighted by molar-refractivity contribution is 0.670. The first-order chi connectivity index (χ1) is 34.2. The van der Waals surface area contributed by atoms with Gasteiger partial charge in [0.05, 0.1) is 22.4 Å². The fourth-order valence-electron chi connectivity index (χ4n) is 10.3. The third-order valence-electron chi connectivity index (χ3n) is 13.6. The number of anilines is 3. The molecule has 2 aromatic heterocycles. The predicted molar refractivity (Wildman–Crippen MR) is 290 cm³/mol. The number of nitrogens with zero attached hydrogens (tertiary/aromatic N) is 2. The van der Waals surface area contributed by atoms with E-state index in [4.69, 9.17) is 4.42 Å². The van der Waals surface area contributed by atoms with Crippen LogP contribution < -0.4 is 4.90 Å². The molecule has 0 saturated heterocycles. The van der Waals surface area contributed by atoms with Crippen LogP contribution >= 0.6 is 0 Å². The Morgan fingerprint density at radius 2 is 0.739 bits per heavy atom. The summed E-state index contributed by atoms with van der Waals surface area (Å²) in [5, 5.41) is 4.74. The van der Waals surface area contributed by atoms with Gasteiger partial charge in [-0.3, -0.25) is 0 Å². The Kier molecular flexibility index (Phi) is 9.84. The van der Waals surface area contributed by atoms with Crippen molar-refractivity contribution in [1.82, 2.24) is 4.57 Å². The van der Waals surface area contributed by atoms with Crippen molar-refractivity contribution in [2.75, 3.05) is 4.90 Å². The molecule has 0 spiro atoms. The fraction of sp³-hybridized carbons (Fsp3) is 0. The fourth-order valence-corrected chi connectivity index (χ4v) is 10.3. The Bertz CT molecular complexity index is 3940. The van der Waals surface area contributed by atoms with Crippen LogP contribution in [0.15, 0.2) is 271 Å². The van der Waals surface area contributed by atoms with Crippen molar-refractivity contribution in [3.63, 3.8) is 0 Å². The van der Waals surface area contributed by atoms with Gasteiger partial charge in [0, 0.05) is 49.6 Å². The summed E-state index contributed by atoms with van der Waals surface area (Å²) in [6.07, 6.45) is 0. The summed E-state index contributed by atoms with van der Waals surface area (Å²) in [4.78, 5) is 2.41. The van der Waals surface area contributed by atoms with Gasteiger partial charge in [0.2, 0.25) is 0 Å². The van der Waals surface area contributed by atoms with Crippen LogP contribution in [0.1, 0.15) is 0 Å². The van der Waals surface area contributed by atoms with E-state index in [2.05, 4.69) is 264 Å². The Morgan fingerprint density at radius 3 is 1.42 bits per heavy atom. The van der Waals surface area contributed by atoms with E-state index in [0.717, 1.165) is 83.6 Å². The highest BCUT2D eigenvalue weighted by Crippen LogP contribution is 2.45. The van der Waals surface area contributed by atoms with Gasteiger partial charge < -0.3 is 13.9 Å². The molecule has 0 N–H and O–H groups in total. The number of furan rings is 1. The summed E-state index contributed by atoms with van der Waals surface area (Å²) in [5.41, 5.74) is 20.0. The molecule has 0 bridgehead atoms. The molecule has 3 nitrogen and oxygen atoms in total. The molecule has 0 aliphatic carbocycles. The van der Waals surface area contributed by atoms with Gasteiger partial charge >= 0.3 is 0 Å². The van der Waals surface area contributed by atoms with E-state index in [1.54, 1.807) is 0 Å². The second-order valence-electron chi connectivity index (χ2n) is 17.6. The molecule has 0 saturated carbocycles. The van der Waals surface area contributed by atoms with Crippen LogP contribution in [0.4, 0.5) is 17.1 Å². The third-order valence-corrected chi connectivity index (χ3v) is 13.6. The van der Waals surface area contributed by atoms with Gasteiger partial charge in [-0.25, -0.2) is 0 Å². The Labute approximate surface area is 401 Å². The molecule has 13 aromatic rings. The first-order valence-corrected chi connectivity index (χ1v) is 23.6. The minimum Gasteiger partial charge on any atom is -0.455 e. The smallest absolute Gasteiger partial charge is 0.143 e. The predicted octanol–water partition coefficient (Wildman–Crippen LogP) is 18.5. The highest BCUT2D eigenvalue weighted by Gasteiger charge is 2.22. The molecule has 13 rings (SSSR count). The molecule has 0 aliphatic rings. The quantitative estimate of drug-likeness (QED) is 0.144. The molecule has 0 unspecified atom stereocenters. The van der Waals surface area contributed by atoms with E-state index >= 15 is 0 Å². The van der Waals surface area contributed by atoms with Crippen molar-refractivity contribution in [2.45, 2.75) is 0 Å². The number of hydrogen-bond donors (Lipinski definition) is 0. The normalized spacial score (nSPS) is 11.5. The van der Waals surface area contributed by atoms with Gasteiger partial charge in [-0.2, -0.15) is 0 Å². The summed E-state index contributed by atoms with van der Waals surface area (Å²) in [6, 6.07) is 96.1. The van der Waals surface area contributed by atoms with Crippen molar-refractivity contribution in [1.29, 1.82) is 0 Å². The molecular weight excluding hydrogens is 837 g/mol. The van der Waals surface area contributed by atoms with Gasteiger partial charge in [0.25, 0.3) is 0 Å². The minimum absolute atomic E-state index is 0.903. The monoisotopic (exact) mass is 880 g/mol. The molecule has 0 fully saturated rings. The number of fused-ring (bicyclic) bond motifs is 6. The van der Waals surface area contributed by atoms with Crippen molar-refractivity contribution in [3.05, 3.63) is 267 Å². The Hall–Kier alpha value is -9.18. The zero-order valence-electron chi connectivity index (χ0n) is 37.7. The summed E-state index contributed by atoms with van der Waals surface area (Å²) < 4.78 is 8.89. The maximum Gasteiger partial charge on any atom is 0.143 e. The second-order valence-corrected chi connectivity index (χ2v) is 17.6. The SMILES string of the molecule is c1ccc(-c2ccc(-c3ccc(N(c4ccc(-c5cccc(-c6cccc7c6oc6ccccc67)c5)cc4)c4ccccc4-c4ccccc4-n4c5ccccc5c5ccccc54)cc3)cc2)cc1. The first-order valence-electron chi connectivity index (χ1n) is 23.6. The Morgan fingerprint density at radius 1 is 0.290 bits per heavy atom. The highest BCUT2D eigenvalue weighted by atomic mass is 16.3. The summed E-state index contributed by atoms with van der Waals surface area (Å²) in [5.74, 6) is 0. The van der Waals surface area contributed by atoms with Crippen molar-refractivity contribution in [2.24, 2.45) is 0 Å². The van der Waals surface area contributed by atoms with E-state index in [1.807, 2.05) is 12.1 Å². The van der Waals surface area contributed by atoms with E-state index in [9.17, 15) is 0 Å². The maximum atomic E-state index is 6.46. The van der Waals surface area contributed by atoms with Crippen LogP contribution in [0.3, 0.4) is 0 Å². The summed E-state index contributed by atoms with van der Waals surface area (Å²) in [7, 11) is 0. The lowest BCUT2D eigenvalue weighted by Crippen LogP contribution is -2.11. The Balaban J connectivity index is 0.923. The number of rotatable bonds is 9. The topological polar surface area (TPSA) is 21.3 Å². The number of para-hydroxylation sites is 6. The van der Waals surface area contributed by atoms with Crippen molar-refractivity contribution >= 4 is 60.8 Å². The molecule has 69 heavy (non-hydrogen) atoms. The largest absolute Gasteiger partial charge is 0.455 e. The van der Waals surface area contributed by atoms with E-state index in [-0.39, 0.29) is 0 Å². The lowest BCUT2D eigenvalue weighted by Gasteiger charge is -2.29. The van der Waals surface area contributed by atoms with Gasteiger partial charge in [0.1, 0.15) is 11.2 Å². The van der Waals surface area contributed by atoms with E-state index < -0.39 is 0 Å². The minimum atomic E-state index is 0.903. The van der Waals surface area contributed by atoms with Crippen molar-refractivity contribution < 1.29 is 4.42 Å². The molecule has 11 aromatic carbocycles. The van der Waals surface area contributed by atoms with Crippen molar-refractivity contribution in [3.8, 4) is 61.3 Å². The van der Waals surface area contributed by atoms with Gasteiger partial charge in [-0.05, 0) is 99.6 Å². The van der Waals surface area contributed by atoms with Crippen LogP contribution in [0.2, 0.25) is 0 Å². The molecule has 324 valence electrons. The highest BCUT2D eigenvalue weighted by molar-refractivity contribution is 6.11. The van der Waals surface area contributed by atoms with Gasteiger partial charge in [-0.1, -0.05) is 206 Å². The molecule has 0 radical (unpaired) electrons. The zero-order chi connectivity index (χ0) is 45.7. The lowest BCUT2D eigenvalue weighted by atomic mass is 9.97. The van der Waals surface area contributed by atoms with Gasteiger partial charge in [-0.15, -0.1) is 0 Å². The summed E-state index contributed by atoms with van der Waals surface area (Å²) in [6.45, 7) is 0. The molecule has 0 atom stereocenters. The average molecular weight is 881 g/mol. The van der Waals surface area contributed by atoms with Crippen LogP contribution in [0, 0.1) is 0 Å². The second kappa shape index (κ2) is 16.9. The first kappa shape index (κ1) is 40.1. The number of hydrogen-bond acceptors (Lipinski definition) is 2. The molecular formula is C66H44N2O. The molecule has 2 heterocycles.